The molecule has 1 amide bonds. The lowest BCUT2D eigenvalue weighted by Crippen LogP contribution is -2.38. The number of rotatable bonds is 11. The third kappa shape index (κ3) is 6.84. The van der Waals surface area contributed by atoms with E-state index in [9.17, 15) is 4.79 Å². The van der Waals surface area contributed by atoms with Gasteiger partial charge in [0.2, 0.25) is 5.91 Å². The number of methoxy groups -OCH3 is 2. The smallest absolute Gasteiger partial charge is 0.250 e. The van der Waals surface area contributed by atoms with Crippen molar-refractivity contribution in [1.29, 1.82) is 0 Å². The van der Waals surface area contributed by atoms with Gasteiger partial charge in [0.05, 0.1) is 7.11 Å². The third-order valence-corrected chi connectivity index (χ3v) is 5.05. The molecule has 0 radical (unpaired) electrons. The van der Waals surface area contributed by atoms with E-state index >= 15 is 0 Å². The minimum atomic E-state index is -0.501. The van der Waals surface area contributed by atoms with Crippen molar-refractivity contribution in [3.63, 3.8) is 0 Å². The maximum absolute atomic E-state index is 12.4. The number of carbonyl (C=O) groups excluding carboxylic acids is 1. The first-order valence-corrected chi connectivity index (χ1v) is 9.88. The molecule has 0 heterocycles. The van der Waals surface area contributed by atoms with E-state index in [0.29, 0.717) is 30.2 Å². The molecular formula is C22H25NO4S. The first-order chi connectivity index (χ1) is 13.7. The second-order valence-electron chi connectivity index (χ2n) is 5.87. The number of ether oxygens (including phenoxy) is 3. The van der Waals surface area contributed by atoms with Gasteiger partial charge in [0.15, 0.2) is 11.5 Å². The Labute approximate surface area is 170 Å². The Morgan fingerprint density at radius 2 is 1.96 bits per heavy atom. The summed E-state index contributed by atoms with van der Waals surface area (Å²) in [6, 6.07) is 15.6. The first-order valence-electron chi connectivity index (χ1n) is 8.89. The van der Waals surface area contributed by atoms with Gasteiger partial charge in [-0.05, 0) is 36.2 Å². The van der Waals surface area contributed by atoms with Crippen molar-refractivity contribution in [2.75, 3.05) is 33.1 Å². The molecule has 2 rings (SSSR count). The van der Waals surface area contributed by atoms with Crippen LogP contribution in [0.5, 0.6) is 11.5 Å². The van der Waals surface area contributed by atoms with Gasteiger partial charge in [0.25, 0.3) is 0 Å². The number of thioether (sulfide) groups is 1. The van der Waals surface area contributed by atoms with Crippen LogP contribution in [0.15, 0.2) is 53.4 Å². The highest BCUT2D eigenvalue weighted by Crippen LogP contribution is 2.28. The van der Waals surface area contributed by atoms with Crippen LogP contribution in [0.3, 0.4) is 0 Å². The second kappa shape index (κ2) is 12.0. The summed E-state index contributed by atoms with van der Waals surface area (Å²) in [6.45, 7) is 0.688. The molecule has 0 spiro atoms. The number of carbonyl (C=O) groups is 1. The lowest BCUT2D eigenvalue weighted by molar-refractivity contribution is -0.129. The van der Waals surface area contributed by atoms with Gasteiger partial charge < -0.3 is 19.5 Å². The molecular weight excluding hydrogens is 374 g/mol. The molecule has 0 bridgehead atoms. The van der Waals surface area contributed by atoms with E-state index in [2.05, 4.69) is 11.2 Å². The molecule has 1 N–H and O–H groups in total. The van der Waals surface area contributed by atoms with E-state index in [1.165, 1.54) is 0 Å². The zero-order valence-electron chi connectivity index (χ0n) is 16.1. The normalized spacial score (nSPS) is 11.3. The summed E-state index contributed by atoms with van der Waals surface area (Å²) in [5, 5.41) is 2.93. The highest BCUT2D eigenvalue weighted by atomic mass is 32.2. The average molecular weight is 400 g/mol. The van der Waals surface area contributed by atoms with Crippen molar-refractivity contribution in [2.45, 2.75) is 17.4 Å². The lowest BCUT2D eigenvalue weighted by Gasteiger charge is -2.15. The quantitative estimate of drug-likeness (QED) is 0.465. The summed E-state index contributed by atoms with van der Waals surface area (Å²) in [5.41, 5.74) is 1.03. The minimum absolute atomic E-state index is 0.119. The summed E-state index contributed by atoms with van der Waals surface area (Å²) >= 11 is 1.59. The number of amides is 1. The van der Waals surface area contributed by atoms with Crippen LogP contribution in [0.4, 0.5) is 0 Å². The average Bonchev–Trinajstić information content (AvgIpc) is 2.73. The Morgan fingerprint density at radius 3 is 2.64 bits per heavy atom. The fraction of sp³-hybridized carbons (Fsp3) is 0.318. The Kier molecular flexibility index (Phi) is 9.26. The zero-order chi connectivity index (χ0) is 20.2. The maximum Gasteiger partial charge on any atom is 0.250 e. The molecule has 0 aromatic heterocycles. The molecule has 148 valence electrons. The summed E-state index contributed by atoms with van der Waals surface area (Å²) in [7, 11) is 3.13. The first kappa shape index (κ1) is 21.7. The summed E-state index contributed by atoms with van der Waals surface area (Å²) in [4.78, 5) is 13.5. The number of terminal acetylenes is 1. The van der Waals surface area contributed by atoms with Gasteiger partial charge in [-0.2, -0.15) is 0 Å². The number of nitrogens with one attached hydrogen (secondary N) is 1. The van der Waals surface area contributed by atoms with E-state index in [-0.39, 0.29) is 12.5 Å². The fourth-order valence-corrected chi connectivity index (χ4v) is 3.47. The van der Waals surface area contributed by atoms with Crippen molar-refractivity contribution in [1.82, 2.24) is 5.32 Å². The monoisotopic (exact) mass is 399 g/mol. The molecule has 5 nitrogen and oxygen atoms in total. The molecule has 0 aliphatic heterocycles. The minimum Gasteiger partial charge on any atom is -0.493 e. The molecule has 2 aromatic rings. The van der Waals surface area contributed by atoms with Gasteiger partial charge in [0, 0.05) is 24.3 Å². The second-order valence-corrected chi connectivity index (χ2v) is 6.96. The Morgan fingerprint density at radius 1 is 1.18 bits per heavy atom. The van der Waals surface area contributed by atoms with Gasteiger partial charge in [-0.25, -0.2) is 0 Å². The molecule has 0 saturated carbocycles. The van der Waals surface area contributed by atoms with Gasteiger partial charge in [-0.3, -0.25) is 4.79 Å². The number of hydrogen-bond donors (Lipinski definition) is 1. The summed E-state index contributed by atoms with van der Waals surface area (Å²) in [5.74, 6) is 4.09. The van der Waals surface area contributed by atoms with Crippen molar-refractivity contribution in [3.05, 3.63) is 54.1 Å². The van der Waals surface area contributed by atoms with Crippen LogP contribution in [0.1, 0.15) is 5.56 Å². The molecule has 0 aliphatic rings. The molecule has 0 fully saturated rings. The SMILES string of the molecule is C#CCOc1ccc(CCNC(=O)C(CSc2ccccc2)OC)cc1OC. The lowest BCUT2D eigenvalue weighted by atomic mass is 10.1. The Hall–Kier alpha value is -2.62. The standard InChI is InChI=1S/C22H25NO4S/c1-4-14-27-19-11-10-17(15-20(19)25-2)12-13-23-22(24)21(26-3)16-28-18-8-6-5-7-9-18/h1,5-11,15,21H,12-14,16H2,2-3H3,(H,23,24). The van der Waals surface area contributed by atoms with Crippen molar-refractivity contribution < 1.29 is 19.0 Å². The van der Waals surface area contributed by atoms with Crippen LogP contribution < -0.4 is 14.8 Å². The molecule has 1 unspecified atom stereocenters. The van der Waals surface area contributed by atoms with E-state index in [0.717, 1.165) is 10.5 Å². The molecule has 6 heteroatoms. The van der Waals surface area contributed by atoms with Crippen LogP contribution in [0.2, 0.25) is 0 Å². The third-order valence-electron chi connectivity index (χ3n) is 3.97. The zero-order valence-corrected chi connectivity index (χ0v) is 17.0. The number of hydrogen-bond acceptors (Lipinski definition) is 5. The Bertz CT molecular complexity index is 789. The van der Waals surface area contributed by atoms with Crippen LogP contribution >= 0.6 is 11.8 Å². The van der Waals surface area contributed by atoms with E-state index in [4.69, 9.17) is 20.6 Å². The molecule has 0 aliphatic carbocycles. The predicted molar refractivity (Wildman–Crippen MR) is 112 cm³/mol. The van der Waals surface area contributed by atoms with Crippen molar-refractivity contribution in [2.24, 2.45) is 0 Å². The predicted octanol–water partition coefficient (Wildman–Crippen LogP) is 3.17. The molecule has 1 atom stereocenters. The number of benzene rings is 2. The van der Waals surface area contributed by atoms with E-state index < -0.39 is 6.10 Å². The maximum atomic E-state index is 12.4. The van der Waals surface area contributed by atoms with Crippen molar-refractivity contribution >= 4 is 17.7 Å². The van der Waals surface area contributed by atoms with E-state index in [1.54, 1.807) is 26.0 Å². The topological polar surface area (TPSA) is 56.8 Å². The molecule has 0 saturated heterocycles. The Balaban J connectivity index is 1.82. The largest absolute Gasteiger partial charge is 0.493 e. The van der Waals surface area contributed by atoms with Crippen molar-refractivity contribution in [3.8, 4) is 23.8 Å². The van der Waals surface area contributed by atoms with E-state index in [1.807, 2.05) is 48.5 Å². The fourth-order valence-electron chi connectivity index (χ4n) is 2.49. The van der Waals surface area contributed by atoms with Gasteiger partial charge in [-0.15, -0.1) is 18.2 Å². The molecule has 2 aromatic carbocycles. The van der Waals surface area contributed by atoms with Crippen LogP contribution in [-0.4, -0.2) is 45.1 Å². The highest BCUT2D eigenvalue weighted by Gasteiger charge is 2.17. The van der Waals surface area contributed by atoms with Crippen LogP contribution in [-0.2, 0) is 16.0 Å². The summed E-state index contributed by atoms with van der Waals surface area (Å²) in [6.07, 6.45) is 5.38. The van der Waals surface area contributed by atoms with Gasteiger partial charge >= 0.3 is 0 Å². The van der Waals surface area contributed by atoms with Gasteiger partial charge in [-0.1, -0.05) is 30.2 Å². The van der Waals surface area contributed by atoms with Crippen LogP contribution in [0, 0.1) is 12.3 Å². The summed E-state index contributed by atoms with van der Waals surface area (Å²) < 4.78 is 16.1. The highest BCUT2D eigenvalue weighted by molar-refractivity contribution is 7.99. The van der Waals surface area contributed by atoms with Gasteiger partial charge in [0.1, 0.15) is 12.7 Å². The molecule has 28 heavy (non-hydrogen) atoms. The van der Waals surface area contributed by atoms with Crippen LogP contribution in [0.25, 0.3) is 0 Å².